The van der Waals surface area contributed by atoms with E-state index in [1.54, 1.807) is 6.92 Å². The fourth-order valence-electron chi connectivity index (χ4n) is 2.98. The largest absolute Gasteiger partial charge is 0.341 e. The molecule has 4 heteroatoms. The molecule has 1 aliphatic heterocycles. The smallest absolute Gasteiger partial charge is 0.239 e. The molecule has 0 saturated carbocycles. The fourth-order valence-corrected chi connectivity index (χ4v) is 2.98. The molecule has 1 aliphatic rings. The molecule has 1 aromatic rings. The summed E-state index contributed by atoms with van der Waals surface area (Å²) in [5.41, 5.74) is 7.04. The summed E-state index contributed by atoms with van der Waals surface area (Å²) in [4.78, 5) is 16.3. The van der Waals surface area contributed by atoms with Crippen molar-refractivity contribution in [2.75, 3.05) is 26.2 Å². The van der Waals surface area contributed by atoms with Gasteiger partial charge in [0.25, 0.3) is 0 Å². The van der Waals surface area contributed by atoms with Crippen LogP contribution in [0.1, 0.15) is 25.8 Å². The van der Waals surface area contributed by atoms with Crippen molar-refractivity contribution in [3.8, 4) is 0 Å². The lowest BCUT2D eigenvalue weighted by atomic mass is 10.1. The van der Waals surface area contributed by atoms with Crippen LogP contribution in [-0.2, 0) is 11.3 Å². The van der Waals surface area contributed by atoms with Crippen molar-refractivity contribution in [1.82, 2.24) is 9.80 Å². The third-order valence-corrected chi connectivity index (χ3v) is 4.20. The molecule has 1 amide bonds. The standard InChI is InChI=1S/C17H27N3O/c1-3-19(11-15-7-5-4-6-8-15)12-16-9-10-20(13-16)17(21)14(2)18/h4-8,14,16H,3,9-13,18H2,1-2H3/t14-,16+/m0/s1. The van der Waals surface area contributed by atoms with Gasteiger partial charge in [0.15, 0.2) is 0 Å². The Kier molecular flexibility index (Phi) is 5.76. The van der Waals surface area contributed by atoms with E-state index in [1.165, 1.54) is 5.56 Å². The summed E-state index contributed by atoms with van der Waals surface area (Å²) in [5, 5.41) is 0. The van der Waals surface area contributed by atoms with Crippen LogP contribution in [0.15, 0.2) is 30.3 Å². The lowest BCUT2D eigenvalue weighted by Gasteiger charge is -2.24. The van der Waals surface area contributed by atoms with Crippen LogP contribution in [0.25, 0.3) is 0 Å². The van der Waals surface area contributed by atoms with E-state index in [4.69, 9.17) is 5.73 Å². The average Bonchev–Trinajstić information content (AvgIpc) is 2.95. The van der Waals surface area contributed by atoms with E-state index < -0.39 is 0 Å². The minimum atomic E-state index is -0.379. The van der Waals surface area contributed by atoms with Gasteiger partial charge in [0.05, 0.1) is 6.04 Å². The third kappa shape index (κ3) is 4.55. The number of nitrogens with two attached hydrogens (primary N) is 1. The summed E-state index contributed by atoms with van der Waals surface area (Å²) in [5.74, 6) is 0.653. The molecule has 0 unspecified atom stereocenters. The normalized spacial score (nSPS) is 20.0. The van der Waals surface area contributed by atoms with Crippen LogP contribution in [0.2, 0.25) is 0 Å². The molecular weight excluding hydrogens is 262 g/mol. The maximum absolute atomic E-state index is 11.9. The molecule has 0 aliphatic carbocycles. The SMILES string of the molecule is CCN(Cc1ccccc1)C[C@H]1CCN(C(=O)[C@H](C)N)C1. The van der Waals surface area contributed by atoms with Gasteiger partial charge in [0, 0.05) is 26.2 Å². The average molecular weight is 289 g/mol. The zero-order chi connectivity index (χ0) is 15.2. The van der Waals surface area contributed by atoms with Gasteiger partial charge in [-0.05, 0) is 31.4 Å². The minimum Gasteiger partial charge on any atom is -0.341 e. The first-order valence-electron chi connectivity index (χ1n) is 7.90. The van der Waals surface area contributed by atoms with Crippen molar-refractivity contribution in [2.24, 2.45) is 11.7 Å². The minimum absolute atomic E-state index is 0.0867. The van der Waals surface area contributed by atoms with E-state index >= 15 is 0 Å². The lowest BCUT2D eigenvalue weighted by Crippen LogP contribution is -2.41. The van der Waals surface area contributed by atoms with Gasteiger partial charge in [-0.25, -0.2) is 0 Å². The molecule has 4 nitrogen and oxygen atoms in total. The molecule has 1 aromatic carbocycles. The lowest BCUT2D eigenvalue weighted by molar-refractivity contribution is -0.131. The molecular formula is C17H27N3O. The number of rotatable bonds is 6. The highest BCUT2D eigenvalue weighted by Crippen LogP contribution is 2.19. The van der Waals surface area contributed by atoms with Crippen LogP contribution in [0.3, 0.4) is 0 Å². The van der Waals surface area contributed by atoms with Gasteiger partial charge in [0.1, 0.15) is 0 Å². The topological polar surface area (TPSA) is 49.6 Å². The second-order valence-electron chi connectivity index (χ2n) is 6.04. The van der Waals surface area contributed by atoms with Crippen LogP contribution in [0.4, 0.5) is 0 Å². The highest BCUT2D eigenvalue weighted by Gasteiger charge is 2.28. The first kappa shape index (κ1) is 16.0. The highest BCUT2D eigenvalue weighted by atomic mass is 16.2. The van der Waals surface area contributed by atoms with Gasteiger partial charge in [0.2, 0.25) is 5.91 Å². The first-order valence-corrected chi connectivity index (χ1v) is 7.90. The Bertz CT molecular complexity index is 447. The number of carbonyl (C=O) groups is 1. The third-order valence-electron chi connectivity index (χ3n) is 4.20. The summed E-state index contributed by atoms with van der Waals surface area (Å²) < 4.78 is 0. The van der Waals surface area contributed by atoms with Crippen LogP contribution in [0.5, 0.6) is 0 Å². The van der Waals surface area contributed by atoms with Crippen LogP contribution in [0, 0.1) is 5.92 Å². The summed E-state index contributed by atoms with van der Waals surface area (Å²) in [6, 6.07) is 10.2. The molecule has 0 radical (unpaired) electrons. The van der Waals surface area contributed by atoms with E-state index in [0.29, 0.717) is 5.92 Å². The van der Waals surface area contributed by atoms with E-state index in [-0.39, 0.29) is 11.9 Å². The van der Waals surface area contributed by atoms with E-state index in [0.717, 1.165) is 39.1 Å². The Morgan fingerprint density at radius 1 is 1.43 bits per heavy atom. The fraction of sp³-hybridized carbons (Fsp3) is 0.588. The van der Waals surface area contributed by atoms with Crippen molar-refractivity contribution in [3.05, 3.63) is 35.9 Å². The Morgan fingerprint density at radius 2 is 2.14 bits per heavy atom. The Balaban J connectivity index is 1.84. The molecule has 2 rings (SSSR count). The summed E-state index contributed by atoms with van der Waals surface area (Å²) in [6.45, 7) is 8.74. The molecule has 1 fully saturated rings. The number of amides is 1. The van der Waals surface area contributed by atoms with Gasteiger partial charge in [-0.2, -0.15) is 0 Å². The number of benzene rings is 1. The Hall–Kier alpha value is -1.39. The van der Waals surface area contributed by atoms with Crippen LogP contribution < -0.4 is 5.73 Å². The monoisotopic (exact) mass is 289 g/mol. The van der Waals surface area contributed by atoms with E-state index in [2.05, 4.69) is 36.1 Å². The van der Waals surface area contributed by atoms with E-state index in [9.17, 15) is 4.79 Å². The van der Waals surface area contributed by atoms with Crippen LogP contribution in [-0.4, -0.2) is 47.9 Å². The van der Waals surface area contributed by atoms with E-state index in [1.807, 2.05) is 11.0 Å². The van der Waals surface area contributed by atoms with Gasteiger partial charge in [-0.3, -0.25) is 9.69 Å². The predicted octanol–water partition coefficient (Wildman–Crippen LogP) is 1.70. The molecule has 0 bridgehead atoms. The number of hydrogen-bond donors (Lipinski definition) is 1. The Labute approximate surface area is 127 Å². The van der Waals surface area contributed by atoms with Crippen LogP contribution >= 0.6 is 0 Å². The van der Waals surface area contributed by atoms with Gasteiger partial charge in [-0.15, -0.1) is 0 Å². The summed E-state index contributed by atoms with van der Waals surface area (Å²) >= 11 is 0. The maximum Gasteiger partial charge on any atom is 0.239 e. The Morgan fingerprint density at radius 3 is 2.76 bits per heavy atom. The second-order valence-corrected chi connectivity index (χ2v) is 6.04. The van der Waals surface area contributed by atoms with Gasteiger partial charge >= 0.3 is 0 Å². The van der Waals surface area contributed by atoms with Crippen molar-refractivity contribution < 1.29 is 4.79 Å². The highest BCUT2D eigenvalue weighted by molar-refractivity contribution is 5.81. The molecule has 2 N–H and O–H groups in total. The van der Waals surface area contributed by atoms with Crippen molar-refractivity contribution in [1.29, 1.82) is 0 Å². The number of carbonyl (C=O) groups excluding carboxylic acids is 1. The zero-order valence-corrected chi connectivity index (χ0v) is 13.2. The molecule has 0 spiro atoms. The van der Waals surface area contributed by atoms with Gasteiger partial charge in [-0.1, -0.05) is 37.3 Å². The summed E-state index contributed by atoms with van der Waals surface area (Å²) in [7, 11) is 0. The number of nitrogens with zero attached hydrogens (tertiary/aromatic N) is 2. The maximum atomic E-state index is 11.9. The quantitative estimate of drug-likeness (QED) is 0.867. The zero-order valence-electron chi connectivity index (χ0n) is 13.2. The number of likely N-dealkylation sites (tertiary alicyclic amines) is 1. The molecule has 116 valence electrons. The molecule has 1 heterocycles. The first-order chi connectivity index (χ1) is 10.1. The number of hydrogen-bond acceptors (Lipinski definition) is 3. The molecule has 0 aromatic heterocycles. The molecule has 1 saturated heterocycles. The van der Waals surface area contributed by atoms with Gasteiger partial charge < -0.3 is 10.6 Å². The second kappa shape index (κ2) is 7.57. The predicted molar refractivity (Wildman–Crippen MR) is 85.7 cm³/mol. The van der Waals surface area contributed by atoms with Crippen molar-refractivity contribution in [3.63, 3.8) is 0 Å². The van der Waals surface area contributed by atoms with Crippen molar-refractivity contribution >= 4 is 5.91 Å². The molecule has 2 atom stereocenters. The summed E-state index contributed by atoms with van der Waals surface area (Å²) in [6.07, 6.45) is 1.09. The van der Waals surface area contributed by atoms with Crippen molar-refractivity contribution in [2.45, 2.75) is 32.9 Å². The molecule has 21 heavy (non-hydrogen) atoms.